The molecule has 0 saturated carbocycles. The molecule has 0 radical (unpaired) electrons. The third-order valence-corrected chi connectivity index (χ3v) is 3.03. The van der Waals surface area contributed by atoms with Gasteiger partial charge in [-0.2, -0.15) is 0 Å². The average Bonchev–Trinajstić information content (AvgIpc) is 2.25. The Kier molecular flexibility index (Phi) is 7.72. The van der Waals surface area contributed by atoms with Crippen molar-refractivity contribution in [3.05, 3.63) is 11.6 Å². The monoisotopic (exact) mass is 255 g/mol. The SMILES string of the molecule is CCC(C)(C)OC(=O)NC[C@H](C)CCC=C(C)C. The fraction of sp³-hybridized carbons (Fsp3) is 0.800. The van der Waals surface area contributed by atoms with E-state index in [2.05, 4.69) is 32.2 Å². The number of carbonyl (C=O) groups is 1. The van der Waals surface area contributed by atoms with E-state index in [1.165, 1.54) is 5.57 Å². The van der Waals surface area contributed by atoms with Gasteiger partial charge < -0.3 is 10.1 Å². The van der Waals surface area contributed by atoms with Crippen LogP contribution in [0, 0.1) is 5.92 Å². The van der Waals surface area contributed by atoms with Crippen LogP contribution in [0.5, 0.6) is 0 Å². The number of amides is 1. The molecule has 3 heteroatoms. The number of allylic oxidation sites excluding steroid dienone is 2. The van der Waals surface area contributed by atoms with Gasteiger partial charge in [-0.15, -0.1) is 0 Å². The zero-order valence-corrected chi connectivity index (χ0v) is 12.8. The van der Waals surface area contributed by atoms with E-state index in [1.807, 2.05) is 20.8 Å². The predicted octanol–water partition coefficient (Wildman–Crippen LogP) is 4.28. The fourth-order valence-corrected chi connectivity index (χ4v) is 1.38. The van der Waals surface area contributed by atoms with Crippen molar-refractivity contribution in [1.29, 1.82) is 0 Å². The number of alkyl carbamates (subject to hydrolysis) is 1. The number of carbonyl (C=O) groups excluding carboxylic acids is 1. The lowest BCUT2D eigenvalue weighted by molar-refractivity contribution is 0.0357. The second kappa shape index (κ2) is 8.17. The van der Waals surface area contributed by atoms with Crippen molar-refractivity contribution < 1.29 is 9.53 Å². The number of rotatable bonds is 7. The van der Waals surface area contributed by atoms with Crippen molar-refractivity contribution in [2.24, 2.45) is 5.92 Å². The van der Waals surface area contributed by atoms with E-state index in [4.69, 9.17) is 4.74 Å². The van der Waals surface area contributed by atoms with Crippen LogP contribution in [0.2, 0.25) is 0 Å². The van der Waals surface area contributed by atoms with Crippen LogP contribution in [0.1, 0.15) is 60.8 Å². The number of ether oxygens (including phenoxy) is 1. The number of hydrogen-bond donors (Lipinski definition) is 1. The van der Waals surface area contributed by atoms with Crippen LogP contribution in [0.15, 0.2) is 11.6 Å². The average molecular weight is 255 g/mol. The lowest BCUT2D eigenvalue weighted by atomic mass is 10.0. The molecule has 18 heavy (non-hydrogen) atoms. The molecular weight excluding hydrogens is 226 g/mol. The minimum Gasteiger partial charge on any atom is -0.444 e. The fourth-order valence-electron chi connectivity index (χ4n) is 1.38. The molecule has 1 N–H and O–H groups in total. The van der Waals surface area contributed by atoms with Crippen molar-refractivity contribution in [2.45, 2.75) is 66.4 Å². The Labute approximate surface area is 112 Å². The van der Waals surface area contributed by atoms with Crippen LogP contribution in [0.25, 0.3) is 0 Å². The second-order valence-electron chi connectivity index (χ2n) is 5.85. The van der Waals surface area contributed by atoms with E-state index >= 15 is 0 Å². The molecular formula is C15H29NO2. The number of nitrogens with one attached hydrogen (secondary N) is 1. The standard InChI is InChI=1S/C15H29NO2/c1-7-15(5,6)18-14(17)16-11-13(4)10-8-9-12(2)3/h9,13H,7-8,10-11H2,1-6H3,(H,16,17)/t13-/m1/s1. The van der Waals surface area contributed by atoms with Gasteiger partial charge in [0.25, 0.3) is 0 Å². The molecule has 0 rings (SSSR count). The molecule has 0 aliphatic carbocycles. The molecule has 0 aliphatic rings. The Bertz CT molecular complexity index is 278. The molecule has 0 spiro atoms. The maximum absolute atomic E-state index is 11.6. The smallest absolute Gasteiger partial charge is 0.407 e. The first-order chi connectivity index (χ1) is 8.26. The zero-order valence-electron chi connectivity index (χ0n) is 12.8. The van der Waals surface area contributed by atoms with E-state index < -0.39 is 0 Å². The minimum atomic E-state index is -0.380. The lowest BCUT2D eigenvalue weighted by Gasteiger charge is -2.23. The molecule has 0 bridgehead atoms. The van der Waals surface area contributed by atoms with Crippen LogP contribution < -0.4 is 5.32 Å². The first-order valence-electron chi connectivity index (χ1n) is 6.87. The summed E-state index contributed by atoms with van der Waals surface area (Å²) in [6, 6.07) is 0. The van der Waals surface area contributed by atoms with Gasteiger partial charge in [0, 0.05) is 6.54 Å². The molecule has 0 aromatic rings. The van der Waals surface area contributed by atoms with Crippen LogP contribution in [-0.2, 0) is 4.74 Å². The maximum atomic E-state index is 11.6. The lowest BCUT2D eigenvalue weighted by Crippen LogP contribution is -2.36. The highest BCUT2D eigenvalue weighted by molar-refractivity contribution is 5.67. The number of hydrogen-bond acceptors (Lipinski definition) is 2. The topological polar surface area (TPSA) is 38.3 Å². The highest BCUT2D eigenvalue weighted by Crippen LogP contribution is 2.13. The third kappa shape index (κ3) is 9.08. The molecule has 0 aromatic carbocycles. The highest BCUT2D eigenvalue weighted by Gasteiger charge is 2.20. The molecule has 1 atom stereocenters. The van der Waals surface area contributed by atoms with Crippen molar-refractivity contribution in [1.82, 2.24) is 5.32 Å². The summed E-state index contributed by atoms with van der Waals surface area (Å²) in [5.41, 5.74) is 0.967. The Hall–Kier alpha value is -0.990. The molecule has 0 aliphatic heterocycles. The van der Waals surface area contributed by atoms with E-state index in [0.29, 0.717) is 12.5 Å². The van der Waals surface area contributed by atoms with Gasteiger partial charge in [0.15, 0.2) is 0 Å². The minimum absolute atomic E-state index is 0.309. The second-order valence-corrected chi connectivity index (χ2v) is 5.85. The Balaban J connectivity index is 3.82. The maximum Gasteiger partial charge on any atom is 0.407 e. The van der Waals surface area contributed by atoms with Crippen LogP contribution >= 0.6 is 0 Å². The van der Waals surface area contributed by atoms with Crippen molar-refractivity contribution in [2.75, 3.05) is 6.54 Å². The quantitative estimate of drug-likeness (QED) is 0.689. The molecule has 3 nitrogen and oxygen atoms in total. The summed E-state index contributed by atoms with van der Waals surface area (Å²) in [5, 5.41) is 2.83. The summed E-state index contributed by atoms with van der Waals surface area (Å²) < 4.78 is 5.32. The van der Waals surface area contributed by atoms with Crippen molar-refractivity contribution in [3.63, 3.8) is 0 Å². The molecule has 0 unspecified atom stereocenters. The van der Waals surface area contributed by atoms with E-state index in [1.54, 1.807) is 0 Å². The summed E-state index contributed by atoms with van der Waals surface area (Å²) in [4.78, 5) is 11.6. The van der Waals surface area contributed by atoms with Gasteiger partial charge in [-0.05, 0) is 52.9 Å². The van der Waals surface area contributed by atoms with Crippen LogP contribution in [-0.4, -0.2) is 18.2 Å². The molecule has 0 aromatic heterocycles. The predicted molar refractivity (Wildman–Crippen MR) is 76.7 cm³/mol. The van der Waals surface area contributed by atoms with Crippen LogP contribution in [0.3, 0.4) is 0 Å². The van der Waals surface area contributed by atoms with Crippen molar-refractivity contribution >= 4 is 6.09 Å². The summed E-state index contributed by atoms with van der Waals surface area (Å²) in [6.45, 7) is 12.9. The summed E-state index contributed by atoms with van der Waals surface area (Å²) in [5.74, 6) is 0.470. The summed E-state index contributed by atoms with van der Waals surface area (Å²) in [6.07, 6.45) is 4.89. The molecule has 0 saturated heterocycles. The van der Waals surface area contributed by atoms with Gasteiger partial charge in [-0.3, -0.25) is 0 Å². The largest absolute Gasteiger partial charge is 0.444 e. The van der Waals surface area contributed by atoms with Gasteiger partial charge in [0.05, 0.1) is 0 Å². The highest BCUT2D eigenvalue weighted by atomic mass is 16.6. The molecule has 0 heterocycles. The van der Waals surface area contributed by atoms with Gasteiger partial charge in [-0.25, -0.2) is 4.79 Å². The molecule has 0 fully saturated rings. The summed E-state index contributed by atoms with van der Waals surface area (Å²) in [7, 11) is 0. The Morgan fingerprint density at radius 1 is 1.39 bits per heavy atom. The Morgan fingerprint density at radius 3 is 2.50 bits per heavy atom. The van der Waals surface area contributed by atoms with Gasteiger partial charge in [0.2, 0.25) is 0 Å². The van der Waals surface area contributed by atoms with E-state index in [-0.39, 0.29) is 11.7 Å². The van der Waals surface area contributed by atoms with Gasteiger partial charge >= 0.3 is 6.09 Å². The van der Waals surface area contributed by atoms with E-state index in [0.717, 1.165) is 19.3 Å². The molecule has 1 amide bonds. The Morgan fingerprint density at radius 2 is 2.00 bits per heavy atom. The van der Waals surface area contributed by atoms with Gasteiger partial charge in [-0.1, -0.05) is 25.5 Å². The first kappa shape index (κ1) is 17.0. The third-order valence-electron chi connectivity index (χ3n) is 3.03. The molecule has 106 valence electrons. The van der Waals surface area contributed by atoms with Crippen molar-refractivity contribution in [3.8, 4) is 0 Å². The summed E-state index contributed by atoms with van der Waals surface area (Å²) >= 11 is 0. The first-order valence-corrected chi connectivity index (χ1v) is 6.87. The van der Waals surface area contributed by atoms with Gasteiger partial charge in [0.1, 0.15) is 5.60 Å². The van der Waals surface area contributed by atoms with E-state index in [9.17, 15) is 4.79 Å². The zero-order chi connectivity index (χ0) is 14.2. The van der Waals surface area contributed by atoms with Crippen LogP contribution in [0.4, 0.5) is 4.79 Å². The normalized spacial score (nSPS) is 12.8.